The van der Waals surface area contributed by atoms with Gasteiger partial charge in [-0.25, -0.2) is 4.39 Å². The first-order valence-corrected chi connectivity index (χ1v) is 8.80. The lowest BCUT2D eigenvalue weighted by molar-refractivity contribution is -0.135. The number of nitrogens with one attached hydrogen (secondary N) is 1. The summed E-state index contributed by atoms with van der Waals surface area (Å²) in [6.07, 6.45) is 0.499. The Morgan fingerprint density at radius 2 is 2.19 bits per heavy atom. The van der Waals surface area contributed by atoms with Gasteiger partial charge in [0.25, 0.3) is 5.91 Å². The topological polar surface area (TPSA) is 82.5 Å². The number of rotatable bonds is 4. The molecule has 1 aliphatic rings. The highest BCUT2D eigenvalue weighted by atomic mass is 35.5. The van der Waals surface area contributed by atoms with Gasteiger partial charge < -0.3 is 15.5 Å². The van der Waals surface area contributed by atoms with E-state index in [1.807, 2.05) is 0 Å². The van der Waals surface area contributed by atoms with Gasteiger partial charge in [0, 0.05) is 28.4 Å². The second kappa shape index (κ2) is 7.48. The number of carbonyl (C=O) groups is 1. The summed E-state index contributed by atoms with van der Waals surface area (Å²) < 4.78 is 15.5. The van der Waals surface area contributed by atoms with Crippen molar-refractivity contribution in [1.82, 2.24) is 10.3 Å². The van der Waals surface area contributed by atoms with Crippen molar-refractivity contribution in [2.24, 2.45) is 0 Å². The monoisotopic (exact) mass is 398 g/mol. The smallest absolute Gasteiger partial charge is 0.262 e. The molecule has 2 atom stereocenters. The fourth-order valence-electron chi connectivity index (χ4n) is 3.17. The van der Waals surface area contributed by atoms with Gasteiger partial charge in [-0.2, -0.15) is 0 Å². The van der Waals surface area contributed by atoms with Crippen LogP contribution in [-0.4, -0.2) is 21.1 Å². The van der Waals surface area contributed by atoms with E-state index in [0.717, 1.165) is 0 Å². The summed E-state index contributed by atoms with van der Waals surface area (Å²) >= 11 is 12.0. The van der Waals surface area contributed by atoms with Crippen LogP contribution in [0.5, 0.6) is 0 Å². The molecule has 0 aliphatic heterocycles. The van der Waals surface area contributed by atoms with Crippen LogP contribution in [0, 0.1) is 0 Å². The zero-order chi connectivity index (χ0) is 18.9. The summed E-state index contributed by atoms with van der Waals surface area (Å²) in [7, 11) is 0. The highest BCUT2D eigenvalue weighted by Crippen LogP contribution is 2.42. The zero-order valence-corrected chi connectivity index (χ0v) is 15.2. The van der Waals surface area contributed by atoms with Gasteiger partial charge >= 0.3 is 0 Å². The molecule has 0 fully saturated rings. The number of halogens is 3. The summed E-state index contributed by atoms with van der Waals surface area (Å²) in [5, 5.41) is 22.6. The summed E-state index contributed by atoms with van der Waals surface area (Å²) in [6, 6.07) is 6.01. The normalized spacial score (nSPS) is 22.0. The van der Waals surface area contributed by atoms with E-state index in [2.05, 4.69) is 10.3 Å². The molecule has 1 aromatic carbocycles. The Bertz CT molecular complexity index is 849. The number of carbonyl (C=O) groups excluding carboxylic acids is 1. The van der Waals surface area contributed by atoms with E-state index < -0.39 is 17.7 Å². The number of aliphatic hydroxyl groups excluding tert-OH is 2. The molecule has 1 aromatic heterocycles. The number of pyridine rings is 1. The van der Waals surface area contributed by atoms with Gasteiger partial charge in [0.1, 0.15) is 0 Å². The fourth-order valence-corrected chi connectivity index (χ4v) is 3.77. The molecule has 138 valence electrons. The Labute approximate surface area is 159 Å². The van der Waals surface area contributed by atoms with Crippen molar-refractivity contribution in [3.8, 4) is 0 Å². The number of nitrogens with zero attached hydrogens (tertiary/aromatic N) is 1. The van der Waals surface area contributed by atoms with Crippen LogP contribution < -0.4 is 5.32 Å². The standard InChI is InChI=1S/C18H17Cl2FN2O3/c19-11-6-10(9-24)12(14(20)7-11)8-23-17(26)18(21)4-3-15(25)16-13(18)2-1-5-22-16/h1-2,5-7,15,24-25H,3-4,8-9H2,(H,23,26)/t15-,18+/m1/s1. The number of amides is 1. The van der Waals surface area contributed by atoms with Gasteiger partial charge in [-0.1, -0.05) is 29.3 Å². The number of benzene rings is 1. The van der Waals surface area contributed by atoms with E-state index in [9.17, 15) is 15.0 Å². The fraction of sp³-hybridized carbons (Fsp3) is 0.333. The van der Waals surface area contributed by atoms with E-state index in [0.29, 0.717) is 16.1 Å². The van der Waals surface area contributed by atoms with E-state index in [-0.39, 0.29) is 42.3 Å². The molecule has 0 saturated carbocycles. The third-order valence-electron chi connectivity index (χ3n) is 4.55. The molecule has 26 heavy (non-hydrogen) atoms. The lowest BCUT2D eigenvalue weighted by Gasteiger charge is -2.32. The van der Waals surface area contributed by atoms with E-state index >= 15 is 4.39 Å². The molecule has 2 aromatic rings. The average molecular weight is 399 g/mol. The van der Waals surface area contributed by atoms with E-state index in [1.165, 1.54) is 30.5 Å². The molecule has 0 radical (unpaired) electrons. The lowest BCUT2D eigenvalue weighted by Crippen LogP contribution is -2.44. The second-order valence-electron chi connectivity index (χ2n) is 6.16. The van der Waals surface area contributed by atoms with Crippen molar-refractivity contribution in [1.29, 1.82) is 0 Å². The third-order valence-corrected chi connectivity index (χ3v) is 5.11. The molecule has 8 heteroatoms. The number of hydrogen-bond acceptors (Lipinski definition) is 4. The molecule has 3 rings (SSSR count). The maximum absolute atomic E-state index is 15.5. The van der Waals surface area contributed by atoms with Gasteiger partial charge in [-0.3, -0.25) is 9.78 Å². The minimum atomic E-state index is -2.29. The number of aliphatic hydroxyl groups is 2. The molecule has 0 spiro atoms. The van der Waals surface area contributed by atoms with Gasteiger partial charge in [-0.05, 0) is 42.2 Å². The van der Waals surface area contributed by atoms with Crippen molar-refractivity contribution >= 4 is 29.1 Å². The van der Waals surface area contributed by atoms with Crippen molar-refractivity contribution in [2.75, 3.05) is 0 Å². The quantitative estimate of drug-likeness (QED) is 0.738. The first-order valence-electron chi connectivity index (χ1n) is 8.05. The molecule has 1 heterocycles. The molecule has 0 bridgehead atoms. The first kappa shape index (κ1) is 19.0. The van der Waals surface area contributed by atoms with Crippen LogP contribution in [0.25, 0.3) is 0 Å². The number of fused-ring (bicyclic) bond motifs is 1. The Morgan fingerprint density at radius 3 is 2.92 bits per heavy atom. The second-order valence-corrected chi connectivity index (χ2v) is 7.00. The summed E-state index contributed by atoms with van der Waals surface area (Å²) in [5.74, 6) is -0.839. The number of alkyl halides is 1. The SMILES string of the molecule is O=C(NCc1c(Cl)cc(Cl)cc1CO)[C@]1(F)CC[C@@H](O)c2ncccc21. The van der Waals surface area contributed by atoms with Crippen molar-refractivity contribution in [3.63, 3.8) is 0 Å². The van der Waals surface area contributed by atoms with Crippen LogP contribution in [0.4, 0.5) is 4.39 Å². The molecule has 1 amide bonds. The highest BCUT2D eigenvalue weighted by Gasteiger charge is 2.46. The minimum Gasteiger partial charge on any atom is -0.392 e. The van der Waals surface area contributed by atoms with Gasteiger partial charge in [0.2, 0.25) is 5.67 Å². The Kier molecular flexibility index (Phi) is 5.48. The average Bonchev–Trinajstić information content (AvgIpc) is 2.63. The van der Waals surface area contributed by atoms with Crippen LogP contribution in [0.3, 0.4) is 0 Å². The minimum absolute atomic E-state index is 0.0610. The predicted octanol–water partition coefficient (Wildman–Crippen LogP) is 3.19. The van der Waals surface area contributed by atoms with E-state index in [1.54, 1.807) is 0 Å². The van der Waals surface area contributed by atoms with Crippen molar-refractivity contribution in [2.45, 2.75) is 37.8 Å². The van der Waals surface area contributed by atoms with Crippen LogP contribution in [0.2, 0.25) is 10.0 Å². The Hall–Kier alpha value is -1.73. The molecule has 1 aliphatic carbocycles. The number of aromatic nitrogens is 1. The first-order chi connectivity index (χ1) is 12.4. The molecule has 5 nitrogen and oxygen atoms in total. The zero-order valence-electron chi connectivity index (χ0n) is 13.7. The largest absolute Gasteiger partial charge is 0.392 e. The Balaban J connectivity index is 1.85. The van der Waals surface area contributed by atoms with Gasteiger partial charge in [-0.15, -0.1) is 0 Å². The molecule has 0 saturated heterocycles. The molecule has 0 unspecified atom stereocenters. The van der Waals surface area contributed by atoms with Crippen LogP contribution in [-0.2, 0) is 23.6 Å². The lowest BCUT2D eigenvalue weighted by atomic mass is 9.81. The molecular weight excluding hydrogens is 382 g/mol. The van der Waals surface area contributed by atoms with E-state index in [4.69, 9.17) is 23.2 Å². The van der Waals surface area contributed by atoms with Crippen molar-refractivity contribution in [3.05, 3.63) is 62.9 Å². The van der Waals surface area contributed by atoms with Crippen molar-refractivity contribution < 1.29 is 19.4 Å². The molecule has 3 N–H and O–H groups in total. The summed E-state index contributed by atoms with van der Waals surface area (Å²) in [6.45, 7) is -0.375. The summed E-state index contributed by atoms with van der Waals surface area (Å²) in [5.41, 5.74) is -1.12. The van der Waals surface area contributed by atoms with Crippen LogP contribution >= 0.6 is 23.2 Å². The highest BCUT2D eigenvalue weighted by molar-refractivity contribution is 6.35. The maximum atomic E-state index is 15.5. The predicted molar refractivity (Wildman–Crippen MR) is 95.4 cm³/mol. The number of hydrogen-bond donors (Lipinski definition) is 3. The maximum Gasteiger partial charge on any atom is 0.262 e. The van der Waals surface area contributed by atoms with Gasteiger partial charge in [0.15, 0.2) is 0 Å². The Morgan fingerprint density at radius 1 is 1.42 bits per heavy atom. The molecular formula is C18H17Cl2FN2O3. The van der Waals surface area contributed by atoms with Crippen LogP contribution in [0.1, 0.15) is 41.3 Å². The van der Waals surface area contributed by atoms with Gasteiger partial charge in [0.05, 0.1) is 18.4 Å². The summed E-state index contributed by atoms with van der Waals surface area (Å²) in [4.78, 5) is 16.6. The van der Waals surface area contributed by atoms with Crippen LogP contribution in [0.15, 0.2) is 30.5 Å². The third kappa shape index (κ3) is 3.42.